The Labute approximate surface area is 150 Å². The number of nitrogens with one attached hydrogen (secondary N) is 1. The summed E-state index contributed by atoms with van der Waals surface area (Å²) in [5, 5.41) is 2.91. The SMILES string of the molecule is CC1CCC(N(C)CC(=O)N2c3ccccc3NC(=O)CC2C)CC1. The third-order valence-electron chi connectivity index (χ3n) is 5.62. The Balaban J connectivity index is 1.75. The highest BCUT2D eigenvalue weighted by molar-refractivity contribution is 6.04. The third-order valence-corrected chi connectivity index (χ3v) is 5.62. The molecule has 0 spiro atoms. The summed E-state index contributed by atoms with van der Waals surface area (Å²) >= 11 is 0. The molecule has 0 bridgehead atoms. The summed E-state index contributed by atoms with van der Waals surface area (Å²) in [6, 6.07) is 7.91. The number of likely N-dealkylation sites (N-methyl/N-ethyl adjacent to an activating group) is 1. The summed E-state index contributed by atoms with van der Waals surface area (Å²) in [5.74, 6) is 0.831. The molecule has 1 heterocycles. The first-order valence-corrected chi connectivity index (χ1v) is 9.37. The first-order chi connectivity index (χ1) is 12.0. The molecule has 3 rings (SSSR count). The van der Waals surface area contributed by atoms with Crippen LogP contribution in [-0.2, 0) is 9.59 Å². The van der Waals surface area contributed by atoms with Crippen molar-refractivity contribution in [1.82, 2.24) is 4.90 Å². The number of hydrogen-bond donors (Lipinski definition) is 1. The highest BCUT2D eigenvalue weighted by atomic mass is 16.2. The van der Waals surface area contributed by atoms with Crippen LogP contribution in [0.4, 0.5) is 11.4 Å². The molecule has 2 aliphatic rings. The van der Waals surface area contributed by atoms with E-state index in [0.29, 0.717) is 19.0 Å². The number of para-hydroxylation sites is 2. The van der Waals surface area contributed by atoms with Gasteiger partial charge in [0.05, 0.1) is 17.9 Å². The van der Waals surface area contributed by atoms with Gasteiger partial charge in [0.15, 0.2) is 0 Å². The van der Waals surface area contributed by atoms with Gasteiger partial charge >= 0.3 is 0 Å². The van der Waals surface area contributed by atoms with Gasteiger partial charge in [0.25, 0.3) is 0 Å². The second-order valence-electron chi connectivity index (χ2n) is 7.71. The summed E-state index contributed by atoms with van der Waals surface area (Å²) in [6.45, 7) is 4.65. The first kappa shape index (κ1) is 17.9. The van der Waals surface area contributed by atoms with Crippen LogP contribution in [0.3, 0.4) is 0 Å². The van der Waals surface area contributed by atoms with E-state index in [1.54, 1.807) is 4.90 Å². The van der Waals surface area contributed by atoms with Gasteiger partial charge in [-0.05, 0) is 57.7 Å². The minimum Gasteiger partial charge on any atom is -0.324 e. The highest BCUT2D eigenvalue weighted by Gasteiger charge is 2.31. The van der Waals surface area contributed by atoms with E-state index in [1.165, 1.54) is 12.8 Å². The van der Waals surface area contributed by atoms with Crippen molar-refractivity contribution in [3.8, 4) is 0 Å². The Kier molecular flexibility index (Phi) is 5.42. The van der Waals surface area contributed by atoms with Gasteiger partial charge < -0.3 is 10.2 Å². The van der Waals surface area contributed by atoms with E-state index in [-0.39, 0.29) is 17.9 Å². The van der Waals surface area contributed by atoms with Crippen LogP contribution in [0.15, 0.2) is 24.3 Å². The van der Waals surface area contributed by atoms with Crippen molar-refractivity contribution < 1.29 is 9.59 Å². The van der Waals surface area contributed by atoms with E-state index in [0.717, 1.165) is 30.1 Å². The molecule has 25 heavy (non-hydrogen) atoms. The third kappa shape index (κ3) is 4.03. The van der Waals surface area contributed by atoms with Crippen molar-refractivity contribution in [3.63, 3.8) is 0 Å². The molecule has 1 N–H and O–H groups in total. The molecular weight excluding hydrogens is 314 g/mol. The van der Waals surface area contributed by atoms with Gasteiger partial charge in [0, 0.05) is 18.5 Å². The van der Waals surface area contributed by atoms with E-state index >= 15 is 0 Å². The van der Waals surface area contributed by atoms with Gasteiger partial charge in [-0.2, -0.15) is 0 Å². The molecular formula is C20H29N3O2. The number of benzene rings is 1. The second kappa shape index (κ2) is 7.56. The Morgan fingerprint density at radius 2 is 1.88 bits per heavy atom. The minimum atomic E-state index is -0.143. The minimum absolute atomic E-state index is 0.0372. The van der Waals surface area contributed by atoms with Crippen molar-refractivity contribution in [3.05, 3.63) is 24.3 Å². The van der Waals surface area contributed by atoms with Gasteiger partial charge in [-0.15, -0.1) is 0 Å². The molecule has 5 heteroatoms. The number of anilines is 2. The van der Waals surface area contributed by atoms with E-state index in [4.69, 9.17) is 0 Å². The summed E-state index contributed by atoms with van der Waals surface area (Å²) in [5.41, 5.74) is 1.52. The summed E-state index contributed by atoms with van der Waals surface area (Å²) < 4.78 is 0. The van der Waals surface area contributed by atoms with Crippen molar-refractivity contribution in [2.24, 2.45) is 5.92 Å². The summed E-state index contributed by atoms with van der Waals surface area (Å²) in [4.78, 5) is 29.2. The van der Waals surface area contributed by atoms with Crippen molar-refractivity contribution in [1.29, 1.82) is 0 Å². The lowest BCUT2D eigenvalue weighted by atomic mass is 9.87. The molecule has 0 saturated heterocycles. The molecule has 1 aromatic carbocycles. The smallest absolute Gasteiger partial charge is 0.241 e. The lowest BCUT2D eigenvalue weighted by Gasteiger charge is -2.35. The normalized spacial score (nSPS) is 26.8. The van der Waals surface area contributed by atoms with Gasteiger partial charge in [-0.3, -0.25) is 14.5 Å². The maximum Gasteiger partial charge on any atom is 0.241 e. The lowest BCUT2D eigenvalue weighted by molar-refractivity contribution is -0.120. The lowest BCUT2D eigenvalue weighted by Crippen LogP contribution is -2.47. The zero-order valence-electron chi connectivity index (χ0n) is 15.5. The van der Waals surface area contributed by atoms with Crippen LogP contribution < -0.4 is 10.2 Å². The molecule has 136 valence electrons. The van der Waals surface area contributed by atoms with Crippen LogP contribution in [-0.4, -0.2) is 42.4 Å². The maximum absolute atomic E-state index is 13.1. The van der Waals surface area contributed by atoms with Crippen LogP contribution in [0, 0.1) is 5.92 Å². The predicted molar refractivity (Wildman–Crippen MR) is 101 cm³/mol. The van der Waals surface area contributed by atoms with E-state index < -0.39 is 0 Å². The van der Waals surface area contributed by atoms with Gasteiger partial charge in [-0.1, -0.05) is 19.1 Å². The largest absolute Gasteiger partial charge is 0.324 e. The number of carbonyl (C=O) groups is 2. The molecule has 2 amide bonds. The molecule has 1 fully saturated rings. The average Bonchev–Trinajstić information content (AvgIpc) is 2.69. The molecule has 1 aromatic rings. The molecule has 1 atom stereocenters. The van der Waals surface area contributed by atoms with Gasteiger partial charge in [-0.25, -0.2) is 0 Å². The maximum atomic E-state index is 13.1. The van der Waals surface area contributed by atoms with Gasteiger partial charge in [0.1, 0.15) is 0 Å². The van der Waals surface area contributed by atoms with Gasteiger partial charge in [0.2, 0.25) is 11.8 Å². The molecule has 1 saturated carbocycles. The van der Waals surface area contributed by atoms with Crippen molar-refractivity contribution >= 4 is 23.2 Å². The molecule has 1 aliphatic carbocycles. The monoisotopic (exact) mass is 343 g/mol. The van der Waals surface area contributed by atoms with E-state index in [1.807, 2.05) is 31.2 Å². The first-order valence-electron chi connectivity index (χ1n) is 9.37. The molecule has 0 radical (unpaired) electrons. The fourth-order valence-electron chi connectivity index (χ4n) is 4.07. The van der Waals surface area contributed by atoms with Crippen LogP contribution in [0.2, 0.25) is 0 Å². The summed E-state index contributed by atoms with van der Waals surface area (Å²) in [6.07, 6.45) is 5.13. The predicted octanol–water partition coefficient (Wildman–Crippen LogP) is 3.26. The number of fused-ring (bicyclic) bond motifs is 1. The zero-order valence-corrected chi connectivity index (χ0v) is 15.5. The van der Waals surface area contributed by atoms with Crippen LogP contribution >= 0.6 is 0 Å². The highest BCUT2D eigenvalue weighted by Crippen LogP contribution is 2.32. The Hall–Kier alpha value is -1.88. The van der Waals surface area contributed by atoms with E-state index in [2.05, 4.69) is 24.2 Å². The fourth-order valence-corrected chi connectivity index (χ4v) is 4.07. The Bertz CT molecular complexity index is 638. The zero-order chi connectivity index (χ0) is 18.0. The number of hydrogen-bond acceptors (Lipinski definition) is 3. The summed E-state index contributed by atoms with van der Waals surface area (Å²) in [7, 11) is 2.05. The number of rotatable bonds is 3. The number of amides is 2. The quantitative estimate of drug-likeness (QED) is 0.916. The van der Waals surface area contributed by atoms with Crippen molar-refractivity contribution in [2.45, 2.75) is 58.0 Å². The second-order valence-corrected chi connectivity index (χ2v) is 7.71. The topological polar surface area (TPSA) is 52.7 Å². The standard InChI is InChI=1S/C20H29N3O2/c1-14-8-10-16(11-9-14)22(3)13-20(25)23-15(2)12-19(24)21-17-6-4-5-7-18(17)23/h4-7,14-16H,8-13H2,1-3H3,(H,21,24). The molecule has 1 unspecified atom stereocenters. The van der Waals surface area contributed by atoms with Crippen molar-refractivity contribution in [2.75, 3.05) is 23.8 Å². The van der Waals surface area contributed by atoms with Crippen LogP contribution in [0.25, 0.3) is 0 Å². The Morgan fingerprint density at radius 3 is 2.60 bits per heavy atom. The Morgan fingerprint density at radius 1 is 1.20 bits per heavy atom. The van der Waals surface area contributed by atoms with Crippen LogP contribution in [0.1, 0.15) is 46.0 Å². The number of nitrogens with zero attached hydrogens (tertiary/aromatic N) is 2. The average molecular weight is 343 g/mol. The van der Waals surface area contributed by atoms with Crippen LogP contribution in [0.5, 0.6) is 0 Å². The molecule has 0 aromatic heterocycles. The van der Waals surface area contributed by atoms with E-state index in [9.17, 15) is 9.59 Å². The fraction of sp³-hybridized carbons (Fsp3) is 0.600. The number of carbonyl (C=O) groups excluding carboxylic acids is 2. The molecule has 5 nitrogen and oxygen atoms in total. The molecule has 1 aliphatic heterocycles.